The van der Waals surface area contributed by atoms with E-state index in [4.69, 9.17) is 4.74 Å². The van der Waals surface area contributed by atoms with Gasteiger partial charge < -0.3 is 9.64 Å². The summed E-state index contributed by atoms with van der Waals surface area (Å²) < 4.78 is 33.3. The lowest BCUT2D eigenvalue weighted by Crippen LogP contribution is -2.42. The van der Waals surface area contributed by atoms with E-state index in [2.05, 4.69) is 9.71 Å². The lowest BCUT2D eigenvalue weighted by atomic mass is 10.1. The van der Waals surface area contributed by atoms with Crippen LogP contribution in [-0.2, 0) is 14.8 Å². The number of carbonyl (C=O) groups excluding carboxylic acids is 1. The predicted molar refractivity (Wildman–Crippen MR) is 96.1 cm³/mol. The lowest BCUT2D eigenvalue weighted by molar-refractivity contribution is 0.0651. The molecule has 8 heteroatoms. The van der Waals surface area contributed by atoms with Crippen molar-refractivity contribution in [3.63, 3.8) is 0 Å². The fraction of sp³-hybridized carbons (Fsp3) is 0.333. The minimum Gasteiger partial charge on any atom is -0.383 e. The first-order valence-electron chi connectivity index (χ1n) is 8.33. The Labute approximate surface area is 153 Å². The molecule has 1 aromatic carbocycles. The molecule has 0 unspecified atom stereocenters. The summed E-state index contributed by atoms with van der Waals surface area (Å²) >= 11 is 0. The van der Waals surface area contributed by atoms with Crippen molar-refractivity contribution >= 4 is 15.9 Å². The van der Waals surface area contributed by atoms with Gasteiger partial charge in [-0.05, 0) is 36.8 Å². The molecule has 0 bridgehead atoms. The Kier molecular flexibility index (Phi) is 5.65. The van der Waals surface area contributed by atoms with Crippen molar-refractivity contribution in [1.82, 2.24) is 14.6 Å². The van der Waals surface area contributed by atoms with E-state index in [1.54, 1.807) is 41.4 Å². The Morgan fingerprint density at radius 2 is 2.08 bits per heavy atom. The number of benzene rings is 1. The highest BCUT2D eigenvalue weighted by Crippen LogP contribution is 2.19. The van der Waals surface area contributed by atoms with Crippen LogP contribution in [0.5, 0.6) is 0 Å². The van der Waals surface area contributed by atoms with Gasteiger partial charge in [0.15, 0.2) is 0 Å². The van der Waals surface area contributed by atoms with Gasteiger partial charge in [-0.1, -0.05) is 12.1 Å². The largest absolute Gasteiger partial charge is 0.383 e. The van der Waals surface area contributed by atoms with Crippen molar-refractivity contribution in [2.75, 3.05) is 26.8 Å². The van der Waals surface area contributed by atoms with Crippen LogP contribution in [0.15, 0.2) is 53.6 Å². The lowest BCUT2D eigenvalue weighted by Gasteiger charge is -2.31. The first-order chi connectivity index (χ1) is 12.5. The van der Waals surface area contributed by atoms with Gasteiger partial charge >= 0.3 is 0 Å². The molecular formula is C18H21N3O4S. The third-order valence-electron chi connectivity index (χ3n) is 4.21. The second-order valence-corrected chi connectivity index (χ2v) is 7.77. The fourth-order valence-electron chi connectivity index (χ4n) is 2.68. The number of likely N-dealkylation sites (tertiary alicyclic amines) is 1. The molecule has 1 aliphatic rings. The van der Waals surface area contributed by atoms with Crippen LogP contribution < -0.4 is 4.72 Å². The van der Waals surface area contributed by atoms with E-state index in [0.29, 0.717) is 24.3 Å². The van der Waals surface area contributed by atoms with E-state index in [0.717, 1.165) is 6.42 Å². The van der Waals surface area contributed by atoms with Crippen molar-refractivity contribution in [2.24, 2.45) is 0 Å². The van der Waals surface area contributed by atoms with Crippen molar-refractivity contribution in [1.29, 1.82) is 0 Å². The highest BCUT2D eigenvalue weighted by Gasteiger charge is 2.25. The molecule has 0 aliphatic carbocycles. The summed E-state index contributed by atoms with van der Waals surface area (Å²) in [5.74, 6) is -0.147. The van der Waals surface area contributed by atoms with E-state index in [1.807, 2.05) is 0 Å². The van der Waals surface area contributed by atoms with Gasteiger partial charge in [-0.25, -0.2) is 8.42 Å². The van der Waals surface area contributed by atoms with Gasteiger partial charge in [-0.15, -0.1) is 0 Å². The zero-order valence-corrected chi connectivity index (χ0v) is 15.3. The molecular weight excluding hydrogens is 354 g/mol. The standard InChI is InChI=1S/C18H21N3O4S/c1-25-13-17(16-8-2-3-9-19-16)20-26(23,24)15-7-4-6-14(12-15)18(22)21-10-5-11-21/h2-4,6-9,12,17,20H,5,10-11,13H2,1H3/t17-/m1/s1. The quantitative estimate of drug-likeness (QED) is 0.794. The number of pyridine rings is 1. The molecule has 2 heterocycles. The number of ether oxygens (including phenoxy) is 1. The molecule has 1 saturated heterocycles. The van der Waals surface area contributed by atoms with Crippen molar-refractivity contribution < 1.29 is 17.9 Å². The number of nitrogens with zero attached hydrogens (tertiary/aromatic N) is 2. The number of carbonyl (C=O) groups is 1. The highest BCUT2D eigenvalue weighted by atomic mass is 32.2. The molecule has 7 nitrogen and oxygen atoms in total. The molecule has 1 amide bonds. The van der Waals surface area contributed by atoms with Crippen LogP contribution in [0.4, 0.5) is 0 Å². The van der Waals surface area contributed by atoms with E-state index in [9.17, 15) is 13.2 Å². The summed E-state index contributed by atoms with van der Waals surface area (Å²) in [4.78, 5) is 18.3. The van der Waals surface area contributed by atoms with E-state index in [-0.39, 0.29) is 17.4 Å². The Morgan fingerprint density at radius 1 is 1.27 bits per heavy atom. The van der Waals surface area contributed by atoms with E-state index in [1.165, 1.54) is 19.2 Å². The summed E-state index contributed by atoms with van der Waals surface area (Å²) in [6.45, 7) is 1.57. The Bertz CT molecular complexity index is 867. The average molecular weight is 375 g/mol. The Hall–Kier alpha value is -2.29. The van der Waals surface area contributed by atoms with E-state index >= 15 is 0 Å². The van der Waals surface area contributed by atoms with Crippen LogP contribution in [0.1, 0.15) is 28.5 Å². The maximum Gasteiger partial charge on any atom is 0.253 e. The molecule has 138 valence electrons. The molecule has 2 aromatic rings. The van der Waals surface area contributed by atoms with Gasteiger partial charge in [0.25, 0.3) is 5.91 Å². The zero-order chi connectivity index (χ0) is 18.6. The third-order valence-corrected chi connectivity index (χ3v) is 5.68. The Morgan fingerprint density at radius 3 is 2.69 bits per heavy atom. The normalized spacial score (nSPS) is 15.3. The predicted octanol–water partition coefficient (Wildman–Crippen LogP) is 1.59. The highest BCUT2D eigenvalue weighted by molar-refractivity contribution is 7.89. The molecule has 26 heavy (non-hydrogen) atoms. The molecule has 1 fully saturated rings. The second-order valence-electron chi connectivity index (χ2n) is 6.06. The fourth-order valence-corrected chi connectivity index (χ4v) is 3.92. The number of amides is 1. The molecule has 0 radical (unpaired) electrons. The number of hydrogen-bond acceptors (Lipinski definition) is 5. The number of sulfonamides is 1. The van der Waals surface area contributed by atoms with Crippen molar-refractivity contribution in [3.8, 4) is 0 Å². The summed E-state index contributed by atoms with van der Waals surface area (Å²) in [6, 6.07) is 10.7. The van der Waals surface area contributed by atoms with Crippen LogP contribution in [0.2, 0.25) is 0 Å². The molecule has 0 saturated carbocycles. The molecule has 0 spiro atoms. The van der Waals surface area contributed by atoms with E-state index < -0.39 is 16.1 Å². The maximum atomic E-state index is 12.8. The Balaban J connectivity index is 1.83. The van der Waals surface area contributed by atoms with Crippen LogP contribution in [0, 0.1) is 0 Å². The first-order valence-corrected chi connectivity index (χ1v) is 9.81. The van der Waals surface area contributed by atoms with Crippen LogP contribution in [0.25, 0.3) is 0 Å². The number of methoxy groups -OCH3 is 1. The second kappa shape index (κ2) is 7.94. The first kappa shape index (κ1) is 18.5. The van der Waals surface area contributed by atoms with Gasteiger partial charge in [0.1, 0.15) is 0 Å². The summed E-state index contributed by atoms with van der Waals surface area (Å²) in [7, 11) is -2.34. The van der Waals surface area contributed by atoms with Crippen molar-refractivity contribution in [3.05, 3.63) is 59.9 Å². The summed E-state index contributed by atoms with van der Waals surface area (Å²) in [5.41, 5.74) is 0.930. The smallest absolute Gasteiger partial charge is 0.253 e. The monoisotopic (exact) mass is 375 g/mol. The molecule has 1 aliphatic heterocycles. The molecule has 1 N–H and O–H groups in total. The summed E-state index contributed by atoms with van der Waals surface area (Å²) in [6.07, 6.45) is 2.58. The zero-order valence-electron chi connectivity index (χ0n) is 14.5. The maximum absolute atomic E-state index is 12.8. The van der Waals surface area contributed by atoms with Crippen LogP contribution >= 0.6 is 0 Å². The van der Waals surface area contributed by atoms with Gasteiger partial charge in [0.05, 0.1) is 23.2 Å². The SMILES string of the molecule is COC[C@@H](NS(=O)(=O)c1cccc(C(=O)N2CCC2)c1)c1ccccn1. The van der Waals surface area contributed by atoms with Crippen molar-refractivity contribution in [2.45, 2.75) is 17.4 Å². The van der Waals surface area contributed by atoms with Crippen LogP contribution in [0.3, 0.4) is 0 Å². The van der Waals surface area contributed by atoms with Crippen LogP contribution in [-0.4, -0.2) is 51.0 Å². The minimum atomic E-state index is -3.84. The number of rotatable bonds is 7. The van der Waals surface area contributed by atoms with Gasteiger partial charge in [-0.2, -0.15) is 4.72 Å². The third kappa shape index (κ3) is 4.09. The summed E-state index contributed by atoms with van der Waals surface area (Å²) in [5, 5.41) is 0. The van der Waals surface area contributed by atoms with Gasteiger partial charge in [0.2, 0.25) is 10.0 Å². The van der Waals surface area contributed by atoms with Gasteiger partial charge in [0, 0.05) is 32.0 Å². The molecule has 3 rings (SSSR count). The average Bonchev–Trinajstić information content (AvgIpc) is 2.60. The number of hydrogen-bond donors (Lipinski definition) is 1. The molecule has 1 atom stereocenters. The number of nitrogens with one attached hydrogen (secondary N) is 1. The topological polar surface area (TPSA) is 88.6 Å². The number of aromatic nitrogens is 1. The minimum absolute atomic E-state index is 0.0425. The molecule has 1 aromatic heterocycles. The van der Waals surface area contributed by atoms with Gasteiger partial charge in [-0.3, -0.25) is 9.78 Å².